The molecule has 0 saturated carbocycles. The van der Waals surface area contributed by atoms with Crippen LogP contribution in [0.2, 0.25) is 0 Å². The van der Waals surface area contributed by atoms with Crippen LogP contribution in [0.3, 0.4) is 0 Å². The van der Waals surface area contributed by atoms with Gasteiger partial charge in [-0.1, -0.05) is 13.0 Å². The average molecular weight is 308 g/mol. The number of aromatic carboxylic acids is 1. The molecule has 1 aliphatic rings. The zero-order chi connectivity index (χ0) is 15.6. The van der Waals surface area contributed by atoms with Crippen molar-refractivity contribution >= 4 is 23.4 Å². The van der Waals surface area contributed by atoms with Crippen LogP contribution in [-0.2, 0) is 0 Å². The molecule has 0 amide bonds. The van der Waals surface area contributed by atoms with Gasteiger partial charge in [0.25, 0.3) is 0 Å². The molecule has 1 aliphatic heterocycles. The van der Waals surface area contributed by atoms with Gasteiger partial charge in [-0.05, 0) is 38.8 Å². The van der Waals surface area contributed by atoms with Crippen molar-refractivity contribution in [3.05, 3.63) is 23.8 Å². The van der Waals surface area contributed by atoms with Crippen LogP contribution in [0.1, 0.15) is 31.1 Å². The van der Waals surface area contributed by atoms with Gasteiger partial charge >= 0.3 is 5.97 Å². The predicted octanol–water partition coefficient (Wildman–Crippen LogP) is 3.03. The van der Waals surface area contributed by atoms with Gasteiger partial charge in [0.15, 0.2) is 0 Å². The summed E-state index contributed by atoms with van der Waals surface area (Å²) in [6, 6.07) is 5.80. The summed E-state index contributed by atoms with van der Waals surface area (Å²) in [4.78, 5) is 17.1. The number of thioether (sulfide) groups is 1. The molecule has 0 atom stereocenters. The van der Waals surface area contributed by atoms with Crippen molar-refractivity contribution in [2.24, 2.45) is 0 Å². The SMILES string of the molecule is CCSc1cccc(N2CCN(C)C(C)(C)C2)c1C(=O)O. The van der Waals surface area contributed by atoms with E-state index in [1.807, 2.05) is 25.1 Å². The highest BCUT2D eigenvalue weighted by atomic mass is 32.2. The Morgan fingerprint density at radius 3 is 2.67 bits per heavy atom. The van der Waals surface area contributed by atoms with Crippen LogP contribution in [0.5, 0.6) is 0 Å². The van der Waals surface area contributed by atoms with Gasteiger partial charge < -0.3 is 10.0 Å². The number of carboxylic acids is 1. The first-order valence-corrected chi connectivity index (χ1v) is 8.30. The van der Waals surface area contributed by atoms with Crippen LogP contribution in [0, 0.1) is 0 Å². The summed E-state index contributed by atoms with van der Waals surface area (Å²) in [6.07, 6.45) is 0. The van der Waals surface area contributed by atoms with Crippen LogP contribution in [0.15, 0.2) is 23.1 Å². The standard InChI is InChI=1S/C16H24N2O2S/c1-5-21-13-8-6-7-12(14(13)15(19)20)18-10-9-17(4)16(2,3)11-18/h6-8H,5,9-11H2,1-4H3,(H,19,20). The van der Waals surface area contributed by atoms with Gasteiger partial charge in [0, 0.05) is 30.1 Å². The highest BCUT2D eigenvalue weighted by Gasteiger charge is 2.33. The quantitative estimate of drug-likeness (QED) is 0.866. The fourth-order valence-electron chi connectivity index (χ4n) is 2.72. The summed E-state index contributed by atoms with van der Waals surface area (Å²) in [5.74, 6) is 0.0381. The maximum atomic E-state index is 11.7. The van der Waals surface area contributed by atoms with Crippen LogP contribution in [0.25, 0.3) is 0 Å². The molecule has 1 aromatic rings. The van der Waals surface area contributed by atoms with E-state index in [-0.39, 0.29) is 5.54 Å². The highest BCUT2D eigenvalue weighted by Crippen LogP contribution is 2.33. The zero-order valence-electron chi connectivity index (χ0n) is 13.2. The van der Waals surface area contributed by atoms with E-state index in [1.54, 1.807) is 11.8 Å². The topological polar surface area (TPSA) is 43.8 Å². The lowest BCUT2D eigenvalue weighted by Crippen LogP contribution is -2.58. The van der Waals surface area contributed by atoms with Crippen LogP contribution in [-0.4, -0.2) is 53.9 Å². The van der Waals surface area contributed by atoms with Gasteiger partial charge in [-0.25, -0.2) is 4.79 Å². The van der Waals surface area contributed by atoms with E-state index in [1.165, 1.54) is 0 Å². The molecule has 1 N–H and O–H groups in total. The van der Waals surface area contributed by atoms with Crippen molar-refractivity contribution in [2.75, 3.05) is 37.3 Å². The maximum Gasteiger partial charge on any atom is 0.338 e. The van der Waals surface area contributed by atoms with Gasteiger partial charge in [-0.3, -0.25) is 4.90 Å². The molecule has 0 bridgehead atoms. The minimum Gasteiger partial charge on any atom is -0.478 e. The first kappa shape index (κ1) is 16.2. The van der Waals surface area contributed by atoms with Crippen molar-refractivity contribution in [3.8, 4) is 0 Å². The summed E-state index contributed by atoms with van der Waals surface area (Å²) in [7, 11) is 2.12. The molecule has 21 heavy (non-hydrogen) atoms. The molecule has 0 aliphatic carbocycles. The number of hydrogen-bond acceptors (Lipinski definition) is 4. The van der Waals surface area contributed by atoms with Crippen molar-refractivity contribution in [3.63, 3.8) is 0 Å². The second-order valence-electron chi connectivity index (χ2n) is 6.04. The van der Waals surface area contributed by atoms with Gasteiger partial charge in [0.05, 0.1) is 11.3 Å². The molecule has 0 spiro atoms. The fraction of sp³-hybridized carbons (Fsp3) is 0.562. The molecule has 4 nitrogen and oxygen atoms in total. The second-order valence-corrected chi connectivity index (χ2v) is 7.35. The van der Waals surface area contributed by atoms with Crippen LogP contribution < -0.4 is 4.90 Å². The molecule has 0 unspecified atom stereocenters. The smallest absolute Gasteiger partial charge is 0.338 e. The van der Waals surface area contributed by atoms with E-state index in [0.717, 1.165) is 36.0 Å². The lowest BCUT2D eigenvalue weighted by molar-refractivity contribution is 0.0692. The summed E-state index contributed by atoms with van der Waals surface area (Å²) >= 11 is 1.59. The highest BCUT2D eigenvalue weighted by molar-refractivity contribution is 7.99. The first-order valence-electron chi connectivity index (χ1n) is 7.32. The van der Waals surface area contributed by atoms with Gasteiger partial charge in [-0.2, -0.15) is 0 Å². The predicted molar refractivity (Wildman–Crippen MR) is 88.7 cm³/mol. The maximum absolute atomic E-state index is 11.7. The third-order valence-corrected chi connectivity index (χ3v) is 5.11. The lowest BCUT2D eigenvalue weighted by atomic mass is 9.98. The van der Waals surface area contributed by atoms with Crippen molar-refractivity contribution < 1.29 is 9.90 Å². The average Bonchev–Trinajstić information content (AvgIpc) is 2.41. The van der Waals surface area contributed by atoms with Crippen LogP contribution >= 0.6 is 11.8 Å². The molecule has 1 heterocycles. The second kappa shape index (κ2) is 6.28. The summed E-state index contributed by atoms with van der Waals surface area (Å²) in [5.41, 5.74) is 1.34. The monoisotopic (exact) mass is 308 g/mol. The Hall–Kier alpha value is -1.20. The van der Waals surface area contributed by atoms with Crippen molar-refractivity contribution in [1.82, 2.24) is 4.90 Å². The molecule has 0 radical (unpaired) electrons. The Morgan fingerprint density at radius 1 is 1.38 bits per heavy atom. The first-order chi connectivity index (χ1) is 9.86. The third kappa shape index (κ3) is 3.35. The number of rotatable bonds is 4. The Morgan fingerprint density at radius 2 is 2.10 bits per heavy atom. The van der Waals surface area contributed by atoms with Crippen molar-refractivity contribution in [2.45, 2.75) is 31.2 Å². The van der Waals surface area contributed by atoms with Gasteiger partial charge in [0.1, 0.15) is 0 Å². The number of piperazine rings is 1. The van der Waals surface area contributed by atoms with E-state index in [0.29, 0.717) is 5.56 Å². The van der Waals surface area contributed by atoms with Crippen molar-refractivity contribution in [1.29, 1.82) is 0 Å². The molecule has 1 fully saturated rings. The zero-order valence-corrected chi connectivity index (χ0v) is 14.0. The number of carbonyl (C=O) groups is 1. The number of carboxylic acid groups (broad SMARTS) is 1. The summed E-state index contributed by atoms with van der Waals surface area (Å²) in [6.45, 7) is 9.08. The Labute approximate surface area is 131 Å². The third-order valence-electron chi connectivity index (χ3n) is 4.18. The largest absolute Gasteiger partial charge is 0.478 e. The summed E-state index contributed by atoms with van der Waals surface area (Å²) < 4.78 is 0. The van der Waals surface area contributed by atoms with E-state index >= 15 is 0 Å². The van der Waals surface area contributed by atoms with Crippen LogP contribution in [0.4, 0.5) is 5.69 Å². The number of hydrogen-bond donors (Lipinski definition) is 1. The Bertz CT molecular complexity index is 531. The van der Waals surface area contributed by atoms with E-state index in [9.17, 15) is 9.90 Å². The van der Waals surface area contributed by atoms with E-state index in [2.05, 4.69) is 30.7 Å². The number of nitrogens with zero attached hydrogens (tertiary/aromatic N) is 2. The van der Waals surface area contributed by atoms with Gasteiger partial charge in [0.2, 0.25) is 0 Å². The fourth-order valence-corrected chi connectivity index (χ4v) is 3.54. The molecule has 1 saturated heterocycles. The molecule has 1 aromatic carbocycles. The lowest BCUT2D eigenvalue weighted by Gasteiger charge is -2.46. The normalized spacial score (nSPS) is 18.8. The minimum atomic E-state index is -0.835. The van der Waals surface area contributed by atoms with Gasteiger partial charge in [-0.15, -0.1) is 11.8 Å². The number of anilines is 1. The Kier molecular flexibility index (Phi) is 4.84. The molecule has 0 aromatic heterocycles. The molecule has 116 valence electrons. The molecular weight excluding hydrogens is 284 g/mol. The summed E-state index contributed by atoms with van der Waals surface area (Å²) in [5, 5.41) is 9.64. The molecule has 5 heteroatoms. The Balaban J connectivity index is 2.39. The van der Waals surface area contributed by atoms with E-state index in [4.69, 9.17) is 0 Å². The minimum absolute atomic E-state index is 0.0436. The van der Waals surface area contributed by atoms with E-state index < -0.39 is 5.97 Å². The molecule has 2 rings (SSSR count). The number of likely N-dealkylation sites (N-methyl/N-ethyl adjacent to an activating group) is 1. The number of benzene rings is 1. The molecular formula is C16H24N2O2S.